The van der Waals surface area contributed by atoms with Crippen molar-refractivity contribution in [3.8, 4) is 5.75 Å². The Morgan fingerprint density at radius 1 is 1.36 bits per heavy atom. The molecule has 0 amide bonds. The van der Waals surface area contributed by atoms with E-state index in [9.17, 15) is 0 Å². The Morgan fingerprint density at radius 3 is 2.93 bits per heavy atom. The molecular formula is C11H14N2O. The van der Waals surface area contributed by atoms with Crippen LogP contribution >= 0.6 is 0 Å². The summed E-state index contributed by atoms with van der Waals surface area (Å²) in [6.07, 6.45) is 1.91. The van der Waals surface area contributed by atoms with E-state index < -0.39 is 0 Å². The van der Waals surface area contributed by atoms with Crippen molar-refractivity contribution in [1.29, 1.82) is 0 Å². The fourth-order valence-corrected chi connectivity index (χ4v) is 1.39. The molecule has 0 bridgehead atoms. The Labute approximate surface area is 83.1 Å². The predicted molar refractivity (Wildman–Crippen MR) is 57.4 cm³/mol. The zero-order valence-electron chi connectivity index (χ0n) is 8.37. The van der Waals surface area contributed by atoms with E-state index in [-0.39, 0.29) is 6.23 Å². The second-order valence-electron chi connectivity index (χ2n) is 3.25. The van der Waals surface area contributed by atoms with Crippen LogP contribution in [0.4, 0.5) is 0 Å². The minimum Gasteiger partial charge on any atom is -0.473 e. The van der Waals surface area contributed by atoms with Gasteiger partial charge >= 0.3 is 0 Å². The molecule has 1 atom stereocenters. The highest BCUT2D eigenvalue weighted by Gasteiger charge is 2.06. The van der Waals surface area contributed by atoms with Crippen LogP contribution in [0.3, 0.4) is 0 Å². The molecule has 0 saturated carbocycles. The summed E-state index contributed by atoms with van der Waals surface area (Å²) < 4.78 is 5.67. The Balaban J connectivity index is 2.33. The van der Waals surface area contributed by atoms with Crippen molar-refractivity contribution < 1.29 is 4.74 Å². The molecule has 0 spiro atoms. The first kappa shape index (κ1) is 9.09. The topological polar surface area (TPSA) is 37.0 Å². The number of aromatic nitrogens is 1. The van der Waals surface area contributed by atoms with Gasteiger partial charge in [0.05, 0.1) is 0 Å². The van der Waals surface area contributed by atoms with Crippen LogP contribution in [-0.4, -0.2) is 18.3 Å². The molecule has 14 heavy (non-hydrogen) atoms. The normalized spacial score (nSPS) is 13.0. The minimum atomic E-state index is 0.0224. The Morgan fingerprint density at radius 2 is 2.14 bits per heavy atom. The van der Waals surface area contributed by atoms with Crippen molar-refractivity contribution >= 4 is 10.9 Å². The number of para-hydroxylation sites is 1. The first-order valence-electron chi connectivity index (χ1n) is 4.71. The van der Waals surface area contributed by atoms with Crippen LogP contribution in [0, 0.1) is 0 Å². The van der Waals surface area contributed by atoms with Gasteiger partial charge in [-0.2, -0.15) is 0 Å². The SMILES string of the molecule is CNC(C)Oc1c[nH]c2ccccc12. The predicted octanol–water partition coefficient (Wildman–Crippen LogP) is 2.11. The number of benzene rings is 1. The number of hydrogen-bond acceptors (Lipinski definition) is 2. The maximum Gasteiger partial charge on any atom is 0.147 e. The van der Waals surface area contributed by atoms with Crippen molar-refractivity contribution in [2.24, 2.45) is 0 Å². The molecular weight excluding hydrogens is 176 g/mol. The van der Waals surface area contributed by atoms with Crippen molar-refractivity contribution in [2.75, 3.05) is 7.05 Å². The van der Waals surface area contributed by atoms with Crippen LogP contribution in [0.5, 0.6) is 5.75 Å². The van der Waals surface area contributed by atoms with E-state index in [2.05, 4.69) is 10.3 Å². The van der Waals surface area contributed by atoms with E-state index in [0.717, 1.165) is 16.7 Å². The molecule has 0 aliphatic rings. The van der Waals surface area contributed by atoms with Gasteiger partial charge in [-0.05, 0) is 26.1 Å². The van der Waals surface area contributed by atoms with E-state index in [1.165, 1.54) is 0 Å². The van der Waals surface area contributed by atoms with E-state index >= 15 is 0 Å². The van der Waals surface area contributed by atoms with Crippen LogP contribution in [0.1, 0.15) is 6.92 Å². The molecule has 2 aromatic rings. The molecule has 1 aromatic carbocycles. The Kier molecular flexibility index (Phi) is 2.41. The maximum absolute atomic E-state index is 5.67. The highest BCUT2D eigenvalue weighted by molar-refractivity contribution is 5.85. The number of nitrogens with one attached hydrogen (secondary N) is 2. The van der Waals surface area contributed by atoms with Crippen LogP contribution in [0.2, 0.25) is 0 Å². The number of H-pyrrole nitrogens is 1. The quantitative estimate of drug-likeness (QED) is 0.727. The van der Waals surface area contributed by atoms with Crippen molar-refractivity contribution in [1.82, 2.24) is 10.3 Å². The lowest BCUT2D eigenvalue weighted by molar-refractivity contribution is 0.196. The molecule has 2 rings (SSSR count). The molecule has 0 aliphatic heterocycles. The summed E-state index contributed by atoms with van der Waals surface area (Å²) in [7, 11) is 1.87. The number of hydrogen-bond donors (Lipinski definition) is 2. The lowest BCUT2D eigenvalue weighted by atomic mass is 10.2. The van der Waals surface area contributed by atoms with E-state index in [1.807, 2.05) is 44.4 Å². The number of rotatable bonds is 3. The number of aromatic amines is 1. The molecule has 1 unspecified atom stereocenters. The Hall–Kier alpha value is -1.48. The average molecular weight is 190 g/mol. The molecule has 2 N–H and O–H groups in total. The fraction of sp³-hybridized carbons (Fsp3) is 0.273. The van der Waals surface area contributed by atoms with Gasteiger partial charge in [-0.25, -0.2) is 0 Å². The lowest BCUT2D eigenvalue weighted by Gasteiger charge is -2.11. The molecule has 1 heterocycles. The molecule has 0 fully saturated rings. The molecule has 3 nitrogen and oxygen atoms in total. The third-order valence-corrected chi connectivity index (χ3v) is 2.26. The maximum atomic E-state index is 5.67. The van der Waals surface area contributed by atoms with Crippen molar-refractivity contribution in [2.45, 2.75) is 13.2 Å². The van der Waals surface area contributed by atoms with E-state index in [1.54, 1.807) is 0 Å². The molecule has 0 radical (unpaired) electrons. The summed E-state index contributed by atoms with van der Waals surface area (Å²) in [5.74, 6) is 0.891. The highest BCUT2D eigenvalue weighted by Crippen LogP contribution is 2.25. The Bertz CT molecular complexity index is 422. The van der Waals surface area contributed by atoms with Gasteiger partial charge in [0.2, 0.25) is 0 Å². The van der Waals surface area contributed by atoms with Gasteiger partial charge in [0.25, 0.3) is 0 Å². The van der Waals surface area contributed by atoms with Gasteiger partial charge < -0.3 is 9.72 Å². The summed E-state index contributed by atoms with van der Waals surface area (Å²) in [5, 5.41) is 4.15. The molecule has 74 valence electrons. The highest BCUT2D eigenvalue weighted by atomic mass is 16.5. The zero-order valence-corrected chi connectivity index (χ0v) is 8.37. The zero-order chi connectivity index (χ0) is 9.97. The lowest BCUT2D eigenvalue weighted by Crippen LogP contribution is -2.27. The van der Waals surface area contributed by atoms with Gasteiger partial charge in [0, 0.05) is 17.1 Å². The molecule has 1 aromatic heterocycles. The van der Waals surface area contributed by atoms with Gasteiger partial charge in [-0.1, -0.05) is 12.1 Å². The van der Waals surface area contributed by atoms with E-state index in [4.69, 9.17) is 4.74 Å². The largest absolute Gasteiger partial charge is 0.473 e. The van der Waals surface area contributed by atoms with Gasteiger partial charge in [-0.3, -0.25) is 5.32 Å². The summed E-state index contributed by atoms with van der Waals surface area (Å²) in [6, 6.07) is 8.09. The first-order valence-corrected chi connectivity index (χ1v) is 4.71. The van der Waals surface area contributed by atoms with Crippen molar-refractivity contribution in [3.05, 3.63) is 30.5 Å². The smallest absolute Gasteiger partial charge is 0.147 e. The van der Waals surface area contributed by atoms with Crippen LogP contribution < -0.4 is 10.1 Å². The van der Waals surface area contributed by atoms with Crippen LogP contribution in [-0.2, 0) is 0 Å². The van der Waals surface area contributed by atoms with Gasteiger partial charge in [0.1, 0.15) is 12.0 Å². The fourth-order valence-electron chi connectivity index (χ4n) is 1.39. The third kappa shape index (κ3) is 1.59. The second-order valence-corrected chi connectivity index (χ2v) is 3.25. The average Bonchev–Trinajstić information content (AvgIpc) is 2.62. The van der Waals surface area contributed by atoms with Crippen LogP contribution in [0.25, 0.3) is 10.9 Å². The standard InChI is InChI=1S/C11H14N2O/c1-8(12-2)14-11-7-13-10-6-4-3-5-9(10)11/h3-8,12-13H,1-2H3. The van der Waals surface area contributed by atoms with Crippen LogP contribution in [0.15, 0.2) is 30.5 Å². The molecule has 0 saturated heterocycles. The first-order chi connectivity index (χ1) is 6.81. The third-order valence-electron chi connectivity index (χ3n) is 2.26. The number of ether oxygens (including phenoxy) is 1. The summed E-state index contributed by atoms with van der Waals surface area (Å²) >= 11 is 0. The van der Waals surface area contributed by atoms with Gasteiger partial charge in [0.15, 0.2) is 0 Å². The number of fused-ring (bicyclic) bond motifs is 1. The van der Waals surface area contributed by atoms with E-state index in [0.29, 0.717) is 0 Å². The minimum absolute atomic E-state index is 0.0224. The second kappa shape index (κ2) is 3.72. The van der Waals surface area contributed by atoms with Gasteiger partial charge in [-0.15, -0.1) is 0 Å². The summed E-state index contributed by atoms with van der Waals surface area (Å²) in [5.41, 5.74) is 1.10. The molecule has 0 aliphatic carbocycles. The van der Waals surface area contributed by atoms with Crippen molar-refractivity contribution in [3.63, 3.8) is 0 Å². The summed E-state index contributed by atoms with van der Waals surface area (Å²) in [4.78, 5) is 3.16. The monoisotopic (exact) mass is 190 g/mol. The summed E-state index contributed by atoms with van der Waals surface area (Å²) in [6.45, 7) is 1.97. The molecule has 3 heteroatoms.